The van der Waals surface area contributed by atoms with Gasteiger partial charge in [0.1, 0.15) is 6.04 Å². The molecule has 0 saturated carbocycles. The van der Waals surface area contributed by atoms with E-state index < -0.39 is 0 Å². The lowest BCUT2D eigenvalue weighted by molar-refractivity contribution is 0.191. The third-order valence-electron chi connectivity index (χ3n) is 2.83. The molecular weight excluding hydrogens is 160 g/mol. The molecular formula is C11H18N2. The summed E-state index contributed by atoms with van der Waals surface area (Å²) < 4.78 is 0. The Balaban J connectivity index is 2.70. The van der Waals surface area contributed by atoms with E-state index in [9.17, 15) is 0 Å². The molecule has 0 bridgehead atoms. The lowest BCUT2D eigenvalue weighted by atomic mass is 9.99. The van der Waals surface area contributed by atoms with Crippen molar-refractivity contribution in [2.45, 2.75) is 45.7 Å². The SMILES string of the molecule is CC(C)C(C)N1C=CCCC1C#N. The van der Waals surface area contributed by atoms with Gasteiger partial charge in [0.05, 0.1) is 6.07 Å². The Kier molecular flexibility index (Phi) is 3.36. The molecule has 1 aliphatic rings. The topological polar surface area (TPSA) is 27.0 Å². The lowest BCUT2D eigenvalue weighted by Gasteiger charge is -2.36. The average molecular weight is 178 g/mol. The van der Waals surface area contributed by atoms with Crippen LogP contribution in [-0.2, 0) is 0 Å². The highest BCUT2D eigenvalue weighted by Gasteiger charge is 2.23. The number of rotatable bonds is 2. The van der Waals surface area contributed by atoms with Crippen molar-refractivity contribution in [3.63, 3.8) is 0 Å². The highest BCUT2D eigenvalue weighted by atomic mass is 15.2. The molecule has 0 radical (unpaired) electrons. The summed E-state index contributed by atoms with van der Waals surface area (Å²) in [5, 5.41) is 8.97. The monoisotopic (exact) mass is 178 g/mol. The fourth-order valence-corrected chi connectivity index (χ4v) is 1.60. The van der Waals surface area contributed by atoms with E-state index >= 15 is 0 Å². The summed E-state index contributed by atoms with van der Waals surface area (Å²) >= 11 is 0. The predicted octanol–water partition coefficient (Wildman–Crippen LogP) is 2.53. The zero-order valence-corrected chi connectivity index (χ0v) is 8.70. The molecule has 0 fully saturated rings. The smallest absolute Gasteiger partial charge is 0.117 e. The average Bonchev–Trinajstić information content (AvgIpc) is 2.16. The molecule has 2 unspecified atom stereocenters. The zero-order chi connectivity index (χ0) is 9.84. The molecule has 0 saturated heterocycles. The van der Waals surface area contributed by atoms with Crippen LogP contribution in [0.5, 0.6) is 0 Å². The van der Waals surface area contributed by atoms with Crippen LogP contribution in [0.4, 0.5) is 0 Å². The second-order valence-electron chi connectivity index (χ2n) is 4.04. The molecule has 13 heavy (non-hydrogen) atoms. The van der Waals surface area contributed by atoms with Crippen LogP contribution in [0.25, 0.3) is 0 Å². The molecule has 72 valence electrons. The van der Waals surface area contributed by atoms with Crippen LogP contribution in [-0.4, -0.2) is 17.0 Å². The largest absolute Gasteiger partial charge is 0.359 e. The number of hydrogen-bond acceptors (Lipinski definition) is 2. The van der Waals surface area contributed by atoms with Crippen LogP contribution in [0.2, 0.25) is 0 Å². The van der Waals surface area contributed by atoms with E-state index in [1.807, 2.05) is 0 Å². The van der Waals surface area contributed by atoms with Gasteiger partial charge in [0, 0.05) is 6.04 Å². The molecule has 0 aromatic heterocycles. The molecule has 0 aliphatic carbocycles. The first-order chi connectivity index (χ1) is 6.16. The van der Waals surface area contributed by atoms with Gasteiger partial charge >= 0.3 is 0 Å². The highest BCUT2D eigenvalue weighted by molar-refractivity contribution is 5.04. The lowest BCUT2D eigenvalue weighted by Crippen LogP contribution is -2.41. The summed E-state index contributed by atoms with van der Waals surface area (Å²) in [4.78, 5) is 2.19. The van der Waals surface area contributed by atoms with Crippen molar-refractivity contribution in [3.05, 3.63) is 12.3 Å². The van der Waals surface area contributed by atoms with Gasteiger partial charge < -0.3 is 4.90 Å². The molecule has 0 aromatic rings. The van der Waals surface area contributed by atoms with E-state index in [-0.39, 0.29) is 6.04 Å². The molecule has 1 aliphatic heterocycles. The van der Waals surface area contributed by atoms with Crippen molar-refractivity contribution in [2.24, 2.45) is 5.92 Å². The maximum absolute atomic E-state index is 8.97. The molecule has 1 heterocycles. The first-order valence-electron chi connectivity index (χ1n) is 5.00. The maximum Gasteiger partial charge on any atom is 0.117 e. The van der Waals surface area contributed by atoms with Crippen molar-refractivity contribution in [3.8, 4) is 6.07 Å². The van der Waals surface area contributed by atoms with E-state index in [4.69, 9.17) is 5.26 Å². The van der Waals surface area contributed by atoms with Crippen LogP contribution in [0.15, 0.2) is 12.3 Å². The second kappa shape index (κ2) is 4.32. The third kappa shape index (κ3) is 2.24. The van der Waals surface area contributed by atoms with Crippen LogP contribution in [0.3, 0.4) is 0 Å². The van der Waals surface area contributed by atoms with Gasteiger partial charge in [-0.25, -0.2) is 0 Å². The highest BCUT2D eigenvalue weighted by Crippen LogP contribution is 2.20. The first kappa shape index (κ1) is 10.1. The molecule has 2 heteroatoms. The number of nitrogens with zero attached hydrogens (tertiary/aromatic N) is 2. The molecule has 0 aromatic carbocycles. The van der Waals surface area contributed by atoms with Gasteiger partial charge in [-0.3, -0.25) is 0 Å². The van der Waals surface area contributed by atoms with Crippen molar-refractivity contribution in [1.82, 2.24) is 4.90 Å². The summed E-state index contributed by atoms with van der Waals surface area (Å²) in [7, 11) is 0. The number of hydrogen-bond donors (Lipinski definition) is 0. The van der Waals surface area contributed by atoms with Gasteiger partial charge in [-0.15, -0.1) is 0 Å². The van der Waals surface area contributed by atoms with Gasteiger partial charge in [-0.05, 0) is 31.9 Å². The minimum atomic E-state index is 0.0856. The Morgan fingerprint density at radius 2 is 2.15 bits per heavy atom. The summed E-state index contributed by atoms with van der Waals surface area (Å²) in [5.41, 5.74) is 0. The fraction of sp³-hybridized carbons (Fsp3) is 0.727. The van der Waals surface area contributed by atoms with E-state index in [1.165, 1.54) is 0 Å². The Hall–Kier alpha value is -0.970. The van der Waals surface area contributed by atoms with Crippen molar-refractivity contribution in [1.29, 1.82) is 5.26 Å². The fourth-order valence-electron chi connectivity index (χ4n) is 1.60. The van der Waals surface area contributed by atoms with Gasteiger partial charge in [0.25, 0.3) is 0 Å². The predicted molar refractivity (Wildman–Crippen MR) is 53.9 cm³/mol. The van der Waals surface area contributed by atoms with Crippen molar-refractivity contribution in [2.75, 3.05) is 0 Å². The standard InChI is InChI=1S/C11H18N2/c1-9(2)10(3)13-7-5-4-6-11(13)8-12/h5,7,9-11H,4,6H2,1-3H3. The van der Waals surface area contributed by atoms with Crippen molar-refractivity contribution < 1.29 is 0 Å². The van der Waals surface area contributed by atoms with Gasteiger partial charge in [-0.2, -0.15) is 5.26 Å². The van der Waals surface area contributed by atoms with E-state index in [1.54, 1.807) is 0 Å². The first-order valence-corrected chi connectivity index (χ1v) is 5.00. The Labute approximate surface area is 80.8 Å². The quantitative estimate of drug-likeness (QED) is 0.649. The van der Waals surface area contributed by atoms with Crippen molar-refractivity contribution >= 4 is 0 Å². The Morgan fingerprint density at radius 1 is 1.46 bits per heavy atom. The van der Waals surface area contributed by atoms with E-state index in [0.29, 0.717) is 12.0 Å². The normalized spacial score (nSPS) is 24.5. The summed E-state index contributed by atoms with van der Waals surface area (Å²) in [6.07, 6.45) is 6.26. The minimum absolute atomic E-state index is 0.0856. The molecule has 0 spiro atoms. The van der Waals surface area contributed by atoms with Crippen LogP contribution < -0.4 is 0 Å². The zero-order valence-electron chi connectivity index (χ0n) is 8.70. The molecule has 2 nitrogen and oxygen atoms in total. The van der Waals surface area contributed by atoms with E-state index in [2.05, 4.69) is 44.0 Å². The Morgan fingerprint density at radius 3 is 2.69 bits per heavy atom. The minimum Gasteiger partial charge on any atom is -0.359 e. The number of nitriles is 1. The summed E-state index contributed by atoms with van der Waals surface area (Å²) in [6.45, 7) is 6.58. The van der Waals surface area contributed by atoms with Gasteiger partial charge in [0.15, 0.2) is 0 Å². The molecule has 0 N–H and O–H groups in total. The molecule has 2 atom stereocenters. The van der Waals surface area contributed by atoms with Crippen LogP contribution in [0.1, 0.15) is 33.6 Å². The van der Waals surface area contributed by atoms with E-state index in [0.717, 1.165) is 12.8 Å². The molecule has 1 rings (SSSR count). The van der Waals surface area contributed by atoms with Crippen LogP contribution in [0, 0.1) is 17.2 Å². The van der Waals surface area contributed by atoms with Crippen LogP contribution >= 0.6 is 0 Å². The maximum atomic E-state index is 8.97. The Bertz CT molecular complexity index is 225. The van der Waals surface area contributed by atoms with Gasteiger partial charge in [0.2, 0.25) is 0 Å². The summed E-state index contributed by atoms with van der Waals surface area (Å²) in [5.74, 6) is 0.596. The second-order valence-corrected chi connectivity index (χ2v) is 4.04. The summed E-state index contributed by atoms with van der Waals surface area (Å²) in [6, 6.07) is 2.91. The third-order valence-corrected chi connectivity index (χ3v) is 2.83. The number of allylic oxidation sites excluding steroid dienone is 1. The van der Waals surface area contributed by atoms with Gasteiger partial charge in [-0.1, -0.05) is 19.9 Å². The molecule has 0 amide bonds.